The summed E-state index contributed by atoms with van der Waals surface area (Å²) >= 11 is 0. The van der Waals surface area contributed by atoms with Gasteiger partial charge in [-0.3, -0.25) is 4.68 Å². The molecule has 1 fully saturated rings. The van der Waals surface area contributed by atoms with E-state index in [1.807, 2.05) is 7.05 Å². The minimum Gasteiger partial charge on any atom is -0.318 e. The van der Waals surface area contributed by atoms with Crippen molar-refractivity contribution in [2.75, 3.05) is 20.1 Å². The van der Waals surface area contributed by atoms with Crippen LogP contribution in [0.5, 0.6) is 0 Å². The Hall–Kier alpha value is -0.920. The molecule has 0 amide bonds. The molecule has 1 aliphatic rings. The van der Waals surface area contributed by atoms with Crippen molar-refractivity contribution in [2.24, 2.45) is 7.05 Å². The second kappa shape index (κ2) is 5.38. The summed E-state index contributed by atoms with van der Waals surface area (Å²) in [5, 5.41) is 7.01. The molecule has 0 aromatic carbocycles. The highest BCUT2D eigenvalue weighted by atomic mass is 32.2. The third kappa shape index (κ3) is 2.57. The third-order valence-corrected chi connectivity index (χ3v) is 5.21. The van der Waals surface area contributed by atoms with Crippen LogP contribution in [0.4, 0.5) is 0 Å². The van der Waals surface area contributed by atoms with Crippen LogP contribution < -0.4 is 5.32 Å². The normalized spacial score (nSPS) is 22.2. The van der Waals surface area contributed by atoms with Gasteiger partial charge in [-0.05, 0) is 19.9 Å². The molecule has 1 aromatic heterocycles. The molecule has 7 heteroatoms. The van der Waals surface area contributed by atoms with Crippen LogP contribution in [0.25, 0.3) is 0 Å². The van der Waals surface area contributed by atoms with E-state index in [4.69, 9.17) is 0 Å². The summed E-state index contributed by atoms with van der Waals surface area (Å²) in [6, 6.07) is 0.0500. The lowest BCUT2D eigenvalue weighted by molar-refractivity contribution is 0.249. The smallest absolute Gasteiger partial charge is 0.246 e. The molecule has 1 N–H and O–H groups in total. The molecular formula is C11H20N4O2S. The molecule has 1 unspecified atom stereocenters. The maximum Gasteiger partial charge on any atom is 0.246 e. The van der Waals surface area contributed by atoms with Crippen molar-refractivity contribution >= 4 is 10.0 Å². The largest absolute Gasteiger partial charge is 0.318 e. The second-order valence-electron chi connectivity index (χ2n) is 4.67. The van der Waals surface area contributed by atoms with Gasteiger partial charge in [0.25, 0.3) is 0 Å². The highest BCUT2D eigenvalue weighted by Gasteiger charge is 2.33. The maximum absolute atomic E-state index is 12.5. The van der Waals surface area contributed by atoms with E-state index < -0.39 is 10.0 Å². The SMILES string of the molecule is CNCC1CCCCN1S(=O)(=O)c1cnn(C)c1. The van der Waals surface area contributed by atoms with Gasteiger partial charge in [-0.1, -0.05) is 6.42 Å². The molecule has 102 valence electrons. The number of sulfonamides is 1. The number of aryl methyl sites for hydroxylation is 1. The standard InChI is InChI=1S/C11H20N4O2S/c1-12-7-10-5-3-4-6-15(10)18(16,17)11-8-13-14(2)9-11/h8-10,12H,3-7H2,1-2H3. The third-order valence-electron chi connectivity index (χ3n) is 3.30. The van der Waals surface area contributed by atoms with Gasteiger partial charge in [0.15, 0.2) is 0 Å². The molecule has 0 saturated carbocycles. The maximum atomic E-state index is 12.5. The first kappa shape index (κ1) is 13.5. The zero-order chi connectivity index (χ0) is 13.2. The fraction of sp³-hybridized carbons (Fsp3) is 0.727. The summed E-state index contributed by atoms with van der Waals surface area (Å²) in [6.45, 7) is 1.29. The Bertz CT molecular complexity index is 495. The van der Waals surface area contributed by atoms with Crippen LogP contribution in [0.15, 0.2) is 17.3 Å². The number of likely N-dealkylation sites (N-methyl/N-ethyl adjacent to an activating group) is 1. The Labute approximate surface area is 108 Å². The summed E-state index contributed by atoms with van der Waals surface area (Å²) in [6.07, 6.45) is 5.91. The molecule has 6 nitrogen and oxygen atoms in total. The Morgan fingerprint density at radius 2 is 2.28 bits per heavy atom. The van der Waals surface area contributed by atoms with Gasteiger partial charge in [-0.2, -0.15) is 9.40 Å². The van der Waals surface area contributed by atoms with E-state index in [0.717, 1.165) is 19.3 Å². The predicted octanol–water partition coefficient (Wildman–Crippen LogP) is 0.183. The van der Waals surface area contributed by atoms with Crippen molar-refractivity contribution in [3.05, 3.63) is 12.4 Å². The van der Waals surface area contributed by atoms with Gasteiger partial charge in [0, 0.05) is 32.4 Å². The average Bonchev–Trinajstić information content (AvgIpc) is 2.78. The van der Waals surface area contributed by atoms with Crippen LogP contribution >= 0.6 is 0 Å². The fourth-order valence-electron chi connectivity index (χ4n) is 2.40. The molecule has 18 heavy (non-hydrogen) atoms. The number of nitrogens with one attached hydrogen (secondary N) is 1. The van der Waals surface area contributed by atoms with Crippen molar-refractivity contribution in [1.29, 1.82) is 0 Å². The molecule has 0 bridgehead atoms. The van der Waals surface area contributed by atoms with Crippen molar-refractivity contribution in [3.63, 3.8) is 0 Å². The first-order valence-electron chi connectivity index (χ1n) is 6.21. The van der Waals surface area contributed by atoms with Crippen LogP contribution in [-0.2, 0) is 17.1 Å². The Balaban J connectivity index is 2.27. The van der Waals surface area contributed by atoms with E-state index in [-0.39, 0.29) is 10.9 Å². The molecule has 2 heterocycles. The van der Waals surface area contributed by atoms with Crippen LogP contribution in [0.3, 0.4) is 0 Å². The van der Waals surface area contributed by atoms with E-state index in [0.29, 0.717) is 13.1 Å². The average molecular weight is 272 g/mol. The molecule has 1 atom stereocenters. The zero-order valence-electron chi connectivity index (χ0n) is 10.8. The van der Waals surface area contributed by atoms with E-state index in [1.165, 1.54) is 10.9 Å². The lowest BCUT2D eigenvalue weighted by Crippen LogP contribution is -2.47. The number of aromatic nitrogens is 2. The molecule has 0 spiro atoms. The number of rotatable bonds is 4. The van der Waals surface area contributed by atoms with Crippen LogP contribution in [0.1, 0.15) is 19.3 Å². The summed E-state index contributed by atoms with van der Waals surface area (Å²) in [5.74, 6) is 0. The van der Waals surface area contributed by atoms with E-state index >= 15 is 0 Å². The fourth-order valence-corrected chi connectivity index (χ4v) is 4.08. The monoisotopic (exact) mass is 272 g/mol. The summed E-state index contributed by atoms with van der Waals surface area (Å²) in [7, 11) is 0.171. The topological polar surface area (TPSA) is 67.2 Å². The number of hydrogen-bond acceptors (Lipinski definition) is 4. The molecule has 1 aromatic rings. The van der Waals surface area contributed by atoms with Crippen molar-refractivity contribution in [2.45, 2.75) is 30.2 Å². The van der Waals surface area contributed by atoms with Gasteiger partial charge < -0.3 is 5.32 Å². The van der Waals surface area contributed by atoms with Crippen LogP contribution in [-0.4, -0.2) is 48.7 Å². The molecule has 2 rings (SSSR count). The lowest BCUT2D eigenvalue weighted by Gasteiger charge is -2.34. The van der Waals surface area contributed by atoms with Gasteiger partial charge >= 0.3 is 0 Å². The highest BCUT2D eigenvalue weighted by molar-refractivity contribution is 7.89. The van der Waals surface area contributed by atoms with Crippen LogP contribution in [0.2, 0.25) is 0 Å². The molecule has 0 radical (unpaired) electrons. The van der Waals surface area contributed by atoms with Gasteiger partial charge in [-0.15, -0.1) is 0 Å². The molecular weight excluding hydrogens is 252 g/mol. The lowest BCUT2D eigenvalue weighted by atomic mass is 10.1. The predicted molar refractivity (Wildman–Crippen MR) is 68.7 cm³/mol. The molecule has 1 saturated heterocycles. The summed E-state index contributed by atoms with van der Waals surface area (Å²) < 4.78 is 28.2. The number of hydrogen-bond donors (Lipinski definition) is 1. The Morgan fingerprint density at radius 1 is 1.50 bits per heavy atom. The Kier molecular flexibility index (Phi) is 4.04. The molecule has 0 aliphatic carbocycles. The minimum atomic E-state index is -3.40. The summed E-state index contributed by atoms with van der Waals surface area (Å²) in [4.78, 5) is 0.285. The minimum absolute atomic E-state index is 0.0500. The van der Waals surface area contributed by atoms with E-state index in [1.54, 1.807) is 17.5 Å². The van der Waals surface area contributed by atoms with Crippen LogP contribution in [0, 0.1) is 0 Å². The van der Waals surface area contributed by atoms with Crippen molar-refractivity contribution < 1.29 is 8.42 Å². The highest BCUT2D eigenvalue weighted by Crippen LogP contribution is 2.24. The van der Waals surface area contributed by atoms with E-state index in [9.17, 15) is 8.42 Å². The zero-order valence-corrected chi connectivity index (χ0v) is 11.7. The van der Waals surface area contributed by atoms with Gasteiger partial charge in [0.05, 0.1) is 6.20 Å². The van der Waals surface area contributed by atoms with E-state index in [2.05, 4.69) is 10.4 Å². The number of piperidine rings is 1. The van der Waals surface area contributed by atoms with Crippen molar-refractivity contribution in [3.8, 4) is 0 Å². The second-order valence-corrected chi connectivity index (χ2v) is 6.56. The van der Waals surface area contributed by atoms with Gasteiger partial charge in [0.2, 0.25) is 10.0 Å². The van der Waals surface area contributed by atoms with Gasteiger partial charge in [0.1, 0.15) is 4.90 Å². The summed E-state index contributed by atoms with van der Waals surface area (Å²) in [5.41, 5.74) is 0. The van der Waals surface area contributed by atoms with Crippen molar-refractivity contribution in [1.82, 2.24) is 19.4 Å². The molecule has 1 aliphatic heterocycles. The first-order chi connectivity index (χ1) is 8.55. The Morgan fingerprint density at radius 3 is 2.89 bits per heavy atom. The number of nitrogens with zero attached hydrogens (tertiary/aromatic N) is 3. The van der Waals surface area contributed by atoms with Gasteiger partial charge in [-0.25, -0.2) is 8.42 Å². The quantitative estimate of drug-likeness (QED) is 0.849. The first-order valence-corrected chi connectivity index (χ1v) is 7.65.